The summed E-state index contributed by atoms with van der Waals surface area (Å²) < 4.78 is 0.830. The van der Waals surface area contributed by atoms with Crippen LogP contribution >= 0.6 is 22.6 Å². The van der Waals surface area contributed by atoms with Crippen molar-refractivity contribution in [2.24, 2.45) is 0 Å². The number of halogens is 1. The highest BCUT2D eigenvalue weighted by Gasteiger charge is 2.40. The lowest BCUT2D eigenvalue weighted by molar-refractivity contribution is -0.145. The van der Waals surface area contributed by atoms with Crippen LogP contribution in [0.2, 0.25) is 0 Å². The van der Waals surface area contributed by atoms with E-state index in [1.54, 1.807) is 12.1 Å². The number of nitrogens with one attached hydrogen (secondary N) is 1. The number of hydrogen-bond acceptors (Lipinski definition) is 2. The Balaban J connectivity index is 2.22. The average Bonchev–Trinajstić information content (AvgIpc) is 2.65. The molecule has 0 atom stereocenters. The van der Waals surface area contributed by atoms with E-state index in [1.165, 1.54) is 0 Å². The van der Waals surface area contributed by atoms with Gasteiger partial charge in [0.1, 0.15) is 5.54 Å². The van der Waals surface area contributed by atoms with Gasteiger partial charge in [0, 0.05) is 3.57 Å². The van der Waals surface area contributed by atoms with Crippen molar-refractivity contribution in [3.63, 3.8) is 0 Å². The lowest BCUT2D eigenvalue weighted by Gasteiger charge is -2.29. The minimum Gasteiger partial charge on any atom is -0.480 e. The highest BCUT2D eigenvalue weighted by atomic mass is 127. The highest BCUT2D eigenvalue weighted by Crippen LogP contribution is 2.28. The molecule has 0 unspecified atom stereocenters. The molecule has 0 aromatic heterocycles. The van der Waals surface area contributed by atoms with Crippen LogP contribution in [0.15, 0.2) is 24.3 Å². The molecule has 0 aliphatic heterocycles. The molecular weight excluding hydrogens is 369 g/mol. The van der Waals surface area contributed by atoms with Gasteiger partial charge in [-0.2, -0.15) is 0 Å². The molecule has 0 spiro atoms. The molecule has 1 amide bonds. The molecule has 20 heavy (non-hydrogen) atoms. The second-order valence-corrected chi connectivity index (χ2v) is 6.40. The van der Waals surface area contributed by atoms with Gasteiger partial charge in [-0.1, -0.05) is 37.8 Å². The zero-order valence-corrected chi connectivity index (χ0v) is 13.4. The number of carbonyl (C=O) groups is 2. The summed E-state index contributed by atoms with van der Waals surface area (Å²) in [6.07, 6.45) is 4.79. The molecule has 2 N–H and O–H groups in total. The highest BCUT2D eigenvalue weighted by molar-refractivity contribution is 14.1. The molecule has 5 heteroatoms. The van der Waals surface area contributed by atoms with Gasteiger partial charge in [-0.05, 0) is 47.6 Å². The predicted octanol–water partition coefficient (Wildman–Crippen LogP) is 3.20. The number of rotatable bonds is 3. The fourth-order valence-electron chi connectivity index (χ4n) is 2.65. The maximum Gasteiger partial charge on any atom is 0.329 e. The van der Waals surface area contributed by atoms with E-state index in [1.807, 2.05) is 12.1 Å². The van der Waals surface area contributed by atoms with Gasteiger partial charge in [-0.15, -0.1) is 0 Å². The van der Waals surface area contributed by atoms with Crippen molar-refractivity contribution < 1.29 is 14.7 Å². The van der Waals surface area contributed by atoms with Crippen LogP contribution in [0.1, 0.15) is 48.9 Å². The van der Waals surface area contributed by atoms with E-state index in [0.717, 1.165) is 29.3 Å². The molecule has 108 valence electrons. The summed E-state index contributed by atoms with van der Waals surface area (Å²) >= 11 is 2.09. The summed E-state index contributed by atoms with van der Waals surface area (Å²) in [5.41, 5.74) is -0.565. The van der Waals surface area contributed by atoms with Crippen molar-refractivity contribution in [1.29, 1.82) is 0 Å². The van der Waals surface area contributed by atoms with Crippen molar-refractivity contribution in [2.75, 3.05) is 0 Å². The summed E-state index contributed by atoms with van der Waals surface area (Å²) in [6.45, 7) is 0. The molecule has 1 fully saturated rings. The SMILES string of the molecule is O=C(NC1(C(=O)O)CCCCCC1)c1ccccc1I. The molecule has 0 bridgehead atoms. The molecule has 0 radical (unpaired) electrons. The van der Waals surface area contributed by atoms with Gasteiger partial charge in [0.05, 0.1) is 5.56 Å². The van der Waals surface area contributed by atoms with Crippen LogP contribution < -0.4 is 5.32 Å². The molecule has 2 rings (SSSR count). The van der Waals surface area contributed by atoms with Gasteiger partial charge in [0.2, 0.25) is 0 Å². The Bertz CT molecular complexity index is 508. The molecule has 4 nitrogen and oxygen atoms in total. The standard InChI is InChI=1S/C15H18INO3/c16-12-8-4-3-7-11(12)13(18)17-15(14(19)20)9-5-1-2-6-10-15/h3-4,7-8H,1-2,5-6,9-10H2,(H,17,18)(H,19,20). The Morgan fingerprint density at radius 1 is 1.10 bits per heavy atom. The van der Waals surface area contributed by atoms with Gasteiger partial charge in [-0.3, -0.25) is 4.79 Å². The van der Waals surface area contributed by atoms with E-state index >= 15 is 0 Å². The van der Waals surface area contributed by atoms with Crippen molar-refractivity contribution in [2.45, 2.75) is 44.1 Å². The summed E-state index contributed by atoms with van der Waals surface area (Å²) in [6, 6.07) is 7.22. The minimum atomic E-state index is -1.10. The number of amides is 1. The third-order valence-corrected chi connectivity index (χ3v) is 4.78. The fraction of sp³-hybridized carbons (Fsp3) is 0.467. The molecular formula is C15H18INO3. The third-order valence-electron chi connectivity index (χ3n) is 3.84. The molecule has 1 saturated carbocycles. The van der Waals surface area contributed by atoms with Crippen LogP contribution in [0.4, 0.5) is 0 Å². The van der Waals surface area contributed by atoms with Crippen LogP contribution in [0.5, 0.6) is 0 Å². The minimum absolute atomic E-state index is 0.292. The second kappa shape index (κ2) is 6.56. The normalized spacial score (nSPS) is 18.1. The number of hydrogen-bond donors (Lipinski definition) is 2. The lowest BCUT2D eigenvalue weighted by atomic mass is 9.90. The van der Waals surface area contributed by atoms with E-state index in [-0.39, 0.29) is 5.91 Å². The number of aliphatic carboxylic acids is 1. The van der Waals surface area contributed by atoms with Gasteiger partial charge >= 0.3 is 5.97 Å². The summed E-state index contributed by atoms with van der Waals surface area (Å²) in [4.78, 5) is 24.0. The monoisotopic (exact) mass is 387 g/mol. The van der Waals surface area contributed by atoms with Crippen molar-refractivity contribution >= 4 is 34.5 Å². The van der Waals surface area contributed by atoms with Crippen molar-refractivity contribution in [1.82, 2.24) is 5.32 Å². The lowest BCUT2D eigenvalue weighted by Crippen LogP contribution is -2.54. The van der Waals surface area contributed by atoms with E-state index in [4.69, 9.17) is 0 Å². The van der Waals surface area contributed by atoms with Crippen LogP contribution in [0, 0.1) is 3.57 Å². The first-order valence-corrected chi connectivity index (χ1v) is 7.93. The summed E-state index contributed by atoms with van der Waals surface area (Å²) in [5, 5.41) is 12.3. The fourth-order valence-corrected chi connectivity index (χ4v) is 3.29. The van der Waals surface area contributed by atoms with Crippen LogP contribution in [-0.2, 0) is 4.79 Å². The number of benzene rings is 1. The Morgan fingerprint density at radius 3 is 2.25 bits per heavy atom. The van der Waals surface area contributed by atoms with Gasteiger partial charge in [0.25, 0.3) is 5.91 Å². The Hall–Kier alpha value is -1.11. The van der Waals surface area contributed by atoms with Crippen LogP contribution in [0.25, 0.3) is 0 Å². The first-order valence-electron chi connectivity index (χ1n) is 6.86. The summed E-state index contributed by atoms with van der Waals surface area (Å²) in [5.74, 6) is -1.21. The predicted molar refractivity (Wildman–Crippen MR) is 84.7 cm³/mol. The molecule has 1 aliphatic carbocycles. The summed E-state index contributed by atoms with van der Waals surface area (Å²) in [7, 11) is 0. The van der Waals surface area contributed by atoms with Gasteiger partial charge < -0.3 is 10.4 Å². The first kappa shape index (κ1) is 15.3. The molecule has 0 heterocycles. The average molecular weight is 387 g/mol. The van der Waals surface area contributed by atoms with Crippen LogP contribution in [-0.4, -0.2) is 22.5 Å². The number of carboxylic acid groups (broad SMARTS) is 1. The smallest absolute Gasteiger partial charge is 0.329 e. The number of carbonyl (C=O) groups excluding carboxylic acids is 1. The Morgan fingerprint density at radius 2 is 1.70 bits per heavy atom. The maximum absolute atomic E-state index is 12.4. The first-order chi connectivity index (χ1) is 9.55. The topological polar surface area (TPSA) is 66.4 Å². The molecule has 0 saturated heterocycles. The molecule has 1 aromatic rings. The van der Waals surface area contributed by atoms with Crippen molar-refractivity contribution in [3.8, 4) is 0 Å². The third kappa shape index (κ3) is 3.31. The quantitative estimate of drug-likeness (QED) is 0.619. The molecule has 1 aromatic carbocycles. The van der Waals surface area contributed by atoms with Gasteiger partial charge in [-0.25, -0.2) is 4.79 Å². The van der Waals surface area contributed by atoms with Gasteiger partial charge in [0.15, 0.2) is 0 Å². The van der Waals surface area contributed by atoms with E-state index < -0.39 is 11.5 Å². The van der Waals surface area contributed by atoms with Crippen LogP contribution in [0.3, 0.4) is 0 Å². The van der Waals surface area contributed by atoms with E-state index in [2.05, 4.69) is 27.9 Å². The van der Waals surface area contributed by atoms with Crippen molar-refractivity contribution in [3.05, 3.63) is 33.4 Å². The molecule has 1 aliphatic rings. The second-order valence-electron chi connectivity index (χ2n) is 5.24. The largest absolute Gasteiger partial charge is 0.480 e. The Labute approximate surface area is 132 Å². The maximum atomic E-state index is 12.4. The Kier molecular flexibility index (Phi) is 5.01. The number of carboxylic acids is 1. The van der Waals surface area contributed by atoms with E-state index in [0.29, 0.717) is 18.4 Å². The van der Waals surface area contributed by atoms with E-state index in [9.17, 15) is 14.7 Å². The zero-order valence-electron chi connectivity index (χ0n) is 11.2. The zero-order chi connectivity index (χ0) is 14.6.